The minimum Gasteiger partial charge on any atom is -0.353 e. The number of nitrogens with one attached hydrogen (secondary N) is 2. The third-order valence-corrected chi connectivity index (χ3v) is 5.94. The maximum Gasteiger partial charge on any atom is 0.0872 e. The molecule has 0 unspecified atom stereocenters. The van der Waals surface area contributed by atoms with Crippen LogP contribution in [0.4, 0.5) is 0 Å². The molecule has 2 N–H and O–H groups in total. The molecule has 7 aromatic rings. The summed E-state index contributed by atoms with van der Waals surface area (Å²) in [7, 11) is 0. The van der Waals surface area contributed by atoms with Crippen LogP contribution in [0.3, 0.4) is 0 Å². The zero-order valence-corrected chi connectivity index (χ0v) is 16.0. The molecule has 5 aromatic heterocycles. The van der Waals surface area contributed by atoms with Crippen LogP contribution in [0.25, 0.3) is 65.7 Å². The van der Waals surface area contributed by atoms with Gasteiger partial charge in [-0.3, -0.25) is 0 Å². The average Bonchev–Trinajstić information content (AvgIpc) is 3.47. The first-order chi connectivity index (χ1) is 14.8. The van der Waals surface area contributed by atoms with Gasteiger partial charge >= 0.3 is 0 Å². The van der Waals surface area contributed by atoms with Crippen molar-refractivity contribution in [2.24, 2.45) is 0 Å². The van der Waals surface area contributed by atoms with E-state index < -0.39 is 0 Å². The lowest BCUT2D eigenvalue weighted by Gasteiger charge is -2.02. The van der Waals surface area contributed by atoms with Crippen LogP contribution in [-0.4, -0.2) is 19.9 Å². The van der Waals surface area contributed by atoms with Crippen molar-refractivity contribution in [2.45, 2.75) is 0 Å². The first kappa shape index (κ1) is 15.7. The third-order valence-electron chi connectivity index (χ3n) is 5.94. The van der Waals surface area contributed by atoms with Gasteiger partial charge in [-0.1, -0.05) is 48.5 Å². The van der Waals surface area contributed by atoms with Gasteiger partial charge in [0.15, 0.2) is 0 Å². The summed E-state index contributed by atoms with van der Waals surface area (Å²) in [5, 5.41) is 4.42. The number of nitrogens with zero attached hydrogens (tertiary/aromatic N) is 2. The number of hydrogen-bond donors (Lipinski definition) is 2. The van der Waals surface area contributed by atoms with Crippen molar-refractivity contribution in [1.29, 1.82) is 0 Å². The number of hydrogen-bond acceptors (Lipinski definition) is 2. The second-order valence-corrected chi connectivity index (χ2v) is 7.72. The van der Waals surface area contributed by atoms with E-state index >= 15 is 0 Å². The molecule has 0 aliphatic rings. The molecule has 8 bridgehead atoms. The van der Waals surface area contributed by atoms with E-state index in [4.69, 9.17) is 9.97 Å². The average molecular weight is 384 g/mol. The standard InChI is InChI=1S/C26H16N4/c1-3-15-7-9-23-22-14-12-20(28-22)18-6-2-4-16-8-10-24(30-26(16)18)21-13-11-19(27-21)17(5-1)25(15)29-23/h1-14,27-28H. The fourth-order valence-electron chi connectivity index (χ4n) is 4.43. The Morgan fingerprint density at radius 3 is 1.40 bits per heavy atom. The topological polar surface area (TPSA) is 57.4 Å². The van der Waals surface area contributed by atoms with Crippen molar-refractivity contribution in [3.8, 4) is 0 Å². The highest BCUT2D eigenvalue weighted by Gasteiger charge is 2.06. The monoisotopic (exact) mass is 384 g/mol. The largest absolute Gasteiger partial charge is 0.353 e. The molecular weight excluding hydrogens is 368 g/mol. The number of aromatic nitrogens is 4. The normalized spacial score (nSPS) is 12.0. The molecule has 0 fully saturated rings. The Labute approximate surface area is 170 Å². The minimum absolute atomic E-state index is 0.930. The first-order valence-electron chi connectivity index (χ1n) is 10.0. The summed E-state index contributed by atoms with van der Waals surface area (Å²) >= 11 is 0. The summed E-state index contributed by atoms with van der Waals surface area (Å²) in [6.07, 6.45) is 0. The highest BCUT2D eigenvalue weighted by atomic mass is 14.8. The lowest BCUT2D eigenvalue weighted by molar-refractivity contribution is 1.46. The van der Waals surface area contributed by atoms with Gasteiger partial charge in [-0.2, -0.15) is 0 Å². The van der Waals surface area contributed by atoms with Gasteiger partial charge in [0.25, 0.3) is 0 Å². The SMILES string of the molecule is c1cc2ccc3nc2c(c1)c1ccc([nH]1)c1ccc2cccc(c4ccc3[nH]4)c2n1. The number of benzene rings is 2. The van der Waals surface area contributed by atoms with Crippen LogP contribution in [-0.2, 0) is 0 Å². The van der Waals surface area contributed by atoms with Crippen LogP contribution in [0.5, 0.6) is 0 Å². The van der Waals surface area contributed by atoms with Gasteiger partial charge in [-0.05, 0) is 36.4 Å². The molecule has 140 valence electrons. The first-order valence-corrected chi connectivity index (χ1v) is 10.0. The molecule has 7 rings (SSSR count). The fraction of sp³-hybridized carbons (Fsp3) is 0. The van der Waals surface area contributed by atoms with E-state index in [1.165, 1.54) is 0 Å². The minimum atomic E-state index is 0.930. The lowest BCUT2D eigenvalue weighted by Crippen LogP contribution is -1.84. The second-order valence-electron chi connectivity index (χ2n) is 7.72. The maximum atomic E-state index is 5.03. The van der Waals surface area contributed by atoms with Gasteiger partial charge < -0.3 is 9.97 Å². The van der Waals surface area contributed by atoms with E-state index in [0.29, 0.717) is 0 Å². The zero-order valence-electron chi connectivity index (χ0n) is 16.0. The molecule has 0 aliphatic heterocycles. The molecule has 4 heteroatoms. The van der Waals surface area contributed by atoms with Crippen molar-refractivity contribution >= 4 is 65.7 Å². The summed E-state index contributed by atoms with van der Waals surface area (Å²) in [5.41, 5.74) is 7.91. The Morgan fingerprint density at radius 1 is 0.433 bits per heavy atom. The van der Waals surface area contributed by atoms with Gasteiger partial charge in [0.1, 0.15) is 0 Å². The Hall–Kier alpha value is -4.18. The summed E-state index contributed by atoms with van der Waals surface area (Å²) in [5.74, 6) is 0. The van der Waals surface area contributed by atoms with Crippen LogP contribution in [0.2, 0.25) is 0 Å². The molecule has 2 aromatic carbocycles. The van der Waals surface area contributed by atoms with Crippen LogP contribution in [0.1, 0.15) is 0 Å². The van der Waals surface area contributed by atoms with E-state index in [1.807, 2.05) is 0 Å². The molecule has 0 aliphatic carbocycles. The Morgan fingerprint density at radius 2 is 0.900 bits per heavy atom. The van der Waals surface area contributed by atoms with Gasteiger partial charge in [0.05, 0.1) is 33.1 Å². The molecule has 5 heterocycles. The highest BCUT2D eigenvalue weighted by molar-refractivity contribution is 6.07. The molecule has 0 atom stereocenters. The van der Waals surface area contributed by atoms with Crippen molar-refractivity contribution in [3.63, 3.8) is 0 Å². The molecule has 30 heavy (non-hydrogen) atoms. The molecule has 0 saturated carbocycles. The number of H-pyrrole nitrogens is 2. The number of pyridine rings is 2. The summed E-state index contributed by atoms with van der Waals surface area (Å²) < 4.78 is 0. The quantitative estimate of drug-likeness (QED) is 0.309. The summed E-state index contributed by atoms with van der Waals surface area (Å²) in [6.45, 7) is 0. The molecular formula is C26H16N4. The van der Waals surface area contributed by atoms with Gasteiger partial charge in [-0.25, -0.2) is 9.97 Å². The lowest BCUT2D eigenvalue weighted by atomic mass is 10.1. The zero-order chi connectivity index (χ0) is 19.7. The smallest absolute Gasteiger partial charge is 0.0872 e. The molecule has 0 amide bonds. The van der Waals surface area contributed by atoms with Crippen LogP contribution >= 0.6 is 0 Å². The van der Waals surface area contributed by atoms with Crippen LogP contribution < -0.4 is 0 Å². The van der Waals surface area contributed by atoms with E-state index in [0.717, 1.165) is 65.7 Å². The predicted octanol–water partition coefficient (Wildman–Crippen LogP) is 6.61. The number of para-hydroxylation sites is 2. The van der Waals surface area contributed by atoms with Gasteiger partial charge in [-0.15, -0.1) is 0 Å². The Balaban J connectivity index is 1.82. The van der Waals surface area contributed by atoms with Crippen molar-refractivity contribution in [3.05, 3.63) is 84.9 Å². The summed E-state index contributed by atoms with van der Waals surface area (Å²) in [6, 6.07) is 29.5. The van der Waals surface area contributed by atoms with Gasteiger partial charge in [0.2, 0.25) is 0 Å². The van der Waals surface area contributed by atoms with E-state index in [1.54, 1.807) is 0 Å². The molecule has 0 radical (unpaired) electrons. The van der Waals surface area contributed by atoms with Crippen LogP contribution in [0.15, 0.2) is 84.9 Å². The van der Waals surface area contributed by atoms with E-state index in [2.05, 4.69) is 94.9 Å². The molecule has 4 nitrogen and oxygen atoms in total. The van der Waals surface area contributed by atoms with E-state index in [9.17, 15) is 0 Å². The maximum absolute atomic E-state index is 5.03. The fourth-order valence-corrected chi connectivity index (χ4v) is 4.43. The van der Waals surface area contributed by atoms with E-state index in [-0.39, 0.29) is 0 Å². The number of fused-ring (bicyclic) bond motifs is 10. The van der Waals surface area contributed by atoms with Crippen molar-refractivity contribution in [1.82, 2.24) is 19.9 Å². The van der Waals surface area contributed by atoms with Gasteiger partial charge in [0, 0.05) is 32.6 Å². The molecule has 0 spiro atoms. The van der Waals surface area contributed by atoms with Crippen molar-refractivity contribution in [2.75, 3.05) is 0 Å². The van der Waals surface area contributed by atoms with Crippen LogP contribution in [0, 0.1) is 0 Å². The number of rotatable bonds is 0. The van der Waals surface area contributed by atoms with Crippen molar-refractivity contribution < 1.29 is 0 Å². The second kappa shape index (κ2) is 5.67. The number of aromatic amines is 2. The third kappa shape index (κ3) is 2.16. The highest BCUT2D eigenvalue weighted by Crippen LogP contribution is 2.27. The Kier molecular flexibility index (Phi) is 2.97. The predicted molar refractivity (Wildman–Crippen MR) is 125 cm³/mol. The summed E-state index contributed by atoms with van der Waals surface area (Å²) in [4.78, 5) is 17.2. The Bertz CT molecular complexity index is 1670. The molecule has 0 saturated heterocycles.